The van der Waals surface area contributed by atoms with Gasteiger partial charge in [0.15, 0.2) is 0 Å². The number of hydrogen-bond donors (Lipinski definition) is 2. The highest BCUT2D eigenvalue weighted by atomic mass is 35.5. The van der Waals surface area contributed by atoms with Gasteiger partial charge in [-0.3, -0.25) is 4.79 Å². The number of carbonyl (C=O) groups excluding carboxylic acids is 2. The van der Waals surface area contributed by atoms with Crippen LogP contribution in [0.15, 0.2) is 24.3 Å². The fourth-order valence-electron chi connectivity index (χ4n) is 1.35. The zero-order chi connectivity index (χ0) is 14.3. The van der Waals surface area contributed by atoms with Gasteiger partial charge in [0.05, 0.1) is 6.54 Å². The van der Waals surface area contributed by atoms with Crippen molar-refractivity contribution in [2.24, 2.45) is 0 Å². The van der Waals surface area contributed by atoms with Crippen LogP contribution < -0.4 is 10.6 Å². The second kappa shape index (κ2) is 7.63. The molecule has 2 N–H and O–H groups in total. The summed E-state index contributed by atoms with van der Waals surface area (Å²) >= 11 is 5.78. The summed E-state index contributed by atoms with van der Waals surface area (Å²) in [4.78, 5) is 24.1. The summed E-state index contributed by atoms with van der Waals surface area (Å²) in [6.45, 7) is 0.503. The van der Waals surface area contributed by atoms with Crippen LogP contribution in [-0.4, -0.2) is 44.0 Å². The molecule has 0 fully saturated rings. The highest BCUT2D eigenvalue weighted by Crippen LogP contribution is 2.09. The molecule has 0 aliphatic heterocycles. The van der Waals surface area contributed by atoms with Crippen LogP contribution in [-0.2, 0) is 11.2 Å². The molecule has 5 nitrogen and oxygen atoms in total. The molecule has 0 spiro atoms. The van der Waals surface area contributed by atoms with Crippen molar-refractivity contribution in [2.45, 2.75) is 6.42 Å². The Labute approximate surface area is 117 Å². The summed E-state index contributed by atoms with van der Waals surface area (Å²) in [6.07, 6.45) is 0.714. The van der Waals surface area contributed by atoms with Crippen molar-refractivity contribution in [3.63, 3.8) is 0 Å². The molecule has 3 amide bonds. The Morgan fingerprint density at radius 3 is 2.37 bits per heavy atom. The molecule has 104 valence electrons. The smallest absolute Gasteiger partial charge is 0.315 e. The van der Waals surface area contributed by atoms with Gasteiger partial charge in [-0.25, -0.2) is 4.79 Å². The van der Waals surface area contributed by atoms with Crippen LogP contribution in [0.25, 0.3) is 0 Å². The maximum atomic E-state index is 11.4. The minimum atomic E-state index is -0.343. The molecule has 0 saturated carbocycles. The second-order valence-corrected chi connectivity index (χ2v) is 4.71. The Morgan fingerprint density at radius 2 is 1.79 bits per heavy atom. The molecule has 0 radical (unpaired) electrons. The van der Waals surface area contributed by atoms with Crippen LogP contribution in [0.1, 0.15) is 5.56 Å². The van der Waals surface area contributed by atoms with Crippen LogP contribution >= 0.6 is 11.6 Å². The molecule has 0 aliphatic rings. The first-order valence-corrected chi connectivity index (χ1v) is 6.33. The number of halogens is 1. The molecule has 6 heteroatoms. The first kappa shape index (κ1) is 15.3. The lowest BCUT2D eigenvalue weighted by Gasteiger charge is -2.11. The Balaban J connectivity index is 2.20. The van der Waals surface area contributed by atoms with Crippen LogP contribution in [0.4, 0.5) is 4.79 Å². The third-order valence-electron chi connectivity index (χ3n) is 2.51. The van der Waals surface area contributed by atoms with E-state index in [0.29, 0.717) is 18.0 Å². The number of hydrogen-bond acceptors (Lipinski definition) is 2. The molecule has 0 bridgehead atoms. The zero-order valence-electron chi connectivity index (χ0n) is 11.1. The summed E-state index contributed by atoms with van der Waals surface area (Å²) in [7, 11) is 3.28. The first-order valence-electron chi connectivity index (χ1n) is 5.95. The molecular formula is C13H18ClN3O2. The fraction of sp³-hybridized carbons (Fsp3) is 0.385. The van der Waals surface area contributed by atoms with E-state index >= 15 is 0 Å². The fourth-order valence-corrected chi connectivity index (χ4v) is 1.47. The minimum absolute atomic E-state index is 0.000220. The monoisotopic (exact) mass is 283 g/mol. The average Bonchev–Trinajstić information content (AvgIpc) is 2.38. The van der Waals surface area contributed by atoms with E-state index in [1.54, 1.807) is 14.1 Å². The predicted molar refractivity (Wildman–Crippen MR) is 75.3 cm³/mol. The molecule has 0 aromatic heterocycles. The van der Waals surface area contributed by atoms with Gasteiger partial charge in [-0.15, -0.1) is 0 Å². The maximum Gasteiger partial charge on any atom is 0.315 e. The first-order chi connectivity index (χ1) is 8.99. The minimum Gasteiger partial charge on any atom is -0.347 e. The molecule has 0 heterocycles. The zero-order valence-corrected chi connectivity index (χ0v) is 11.8. The topological polar surface area (TPSA) is 61.4 Å². The van der Waals surface area contributed by atoms with E-state index in [4.69, 9.17) is 11.6 Å². The van der Waals surface area contributed by atoms with E-state index in [1.807, 2.05) is 24.3 Å². The number of carbonyl (C=O) groups is 2. The lowest BCUT2D eigenvalue weighted by molar-refractivity contribution is -0.127. The van der Waals surface area contributed by atoms with Gasteiger partial charge in [-0.05, 0) is 24.1 Å². The van der Waals surface area contributed by atoms with E-state index in [-0.39, 0.29) is 18.5 Å². The van der Waals surface area contributed by atoms with Crippen molar-refractivity contribution >= 4 is 23.5 Å². The van der Waals surface area contributed by atoms with Crippen molar-refractivity contribution in [1.82, 2.24) is 15.5 Å². The van der Waals surface area contributed by atoms with Crippen molar-refractivity contribution in [3.8, 4) is 0 Å². The number of amides is 3. The van der Waals surface area contributed by atoms with Gasteiger partial charge in [-0.1, -0.05) is 23.7 Å². The third kappa shape index (κ3) is 6.10. The van der Waals surface area contributed by atoms with Crippen LogP contribution in [0.3, 0.4) is 0 Å². The number of nitrogens with zero attached hydrogens (tertiary/aromatic N) is 1. The lowest BCUT2D eigenvalue weighted by Crippen LogP contribution is -2.42. The van der Waals surface area contributed by atoms with Gasteiger partial charge in [0.1, 0.15) is 0 Å². The van der Waals surface area contributed by atoms with E-state index < -0.39 is 0 Å². The summed E-state index contributed by atoms with van der Waals surface area (Å²) in [6, 6.07) is 7.11. The van der Waals surface area contributed by atoms with Gasteiger partial charge in [0, 0.05) is 25.7 Å². The molecule has 0 aliphatic carbocycles. The van der Waals surface area contributed by atoms with Crippen LogP contribution in [0, 0.1) is 0 Å². The average molecular weight is 284 g/mol. The Morgan fingerprint density at radius 1 is 1.16 bits per heavy atom. The van der Waals surface area contributed by atoms with Crippen molar-refractivity contribution < 1.29 is 9.59 Å². The van der Waals surface area contributed by atoms with Gasteiger partial charge < -0.3 is 15.5 Å². The third-order valence-corrected chi connectivity index (χ3v) is 2.76. The number of benzene rings is 1. The van der Waals surface area contributed by atoms with Crippen LogP contribution in [0.5, 0.6) is 0 Å². The SMILES string of the molecule is CN(C)C(=O)CNC(=O)NCCc1ccc(Cl)cc1. The summed E-state index contributed by atoms with van der Waals surface area (Å²) in [5.41, 5.74) is 1.09. The normalized spacial score (nSPS) is 9.84. The highest BCUT2D eigenvalue weighted by molar-refractivity contribution is 6.30. The molecule has 0 saturated heterocycles. The van der Waals surface area contributed by atoms with Crippen molar-refractivity contribution in [3.05, 3.63) is 34.9 Å². The quantitative estimate of drug-likeness (QED) is 0.855. The van der Waals surface area contributed by atoms with E-state index in [2.05, 4.69) is 10.6 Å². The van der Waals surface area contributed by atoms with E-state index in [0.717, 1.165) is 5.56 Å². The van der Waals surface area contributed by atoms with Crippen LogP contribution in [0.2, 0.25) is 5.02 Å². The molecule has 1 rings (SSSR count). The summed E-state index contributed by atoms with van der Waals surface area (Å²) < 4.78 is 0. The largest absolute Gasteiger partial charge is 0.347 e. The predicted octanol–water partition coefficient (Wildman–Crippen LogP) is 1.27. The Kier molecular flexibility index (Phi) is 6.15. The summed E-state index contributed by atoms with van der Waals surface area (Å²) in [5, 5.41) is 5.87. The maximum absolute atomic E-state index is 11.4. The number of nitrogens with one attached hydrogen (secondary N) is 2. The number of rotatable bonds is 5. The Bertz CT molecular complexity index is 432. The molecule has 0 unspecified atom stereocenters. The Hall–Kier alpha value is -1.75. The standard InChI is InChI=1S/C13H18ClN3O2/c1-17(2)12(18)9-16-13(19)15-8-7-10-3-5-11(14)6-4-10/h3-6H,7-9H2,1-2H3,(H2,15,16,19). The van der Waals surface area contributed by atoms with Crippen molar-refractivity contribution in [1.29, 1.82) is 0 Å². The molecule has 0 atom stereocenters. The van der Waals surface area contributed by atoms with Gasteiger partial charge in [-0.2, -0.15) is 0 Å². The van der Waals surface area contributed by atoms with E-state index in [1.165, 1.54) is 4.90 Å². The molecule has 1 aromatic carbocycles. The van der Waals surface area contributed by atoms with Crippen molar-refractivity contribution in [2.75, 3.05) is 27.2 Å². The highest BCUT2D eigenvalue weighted by Gasteiger charge is 2.06. The van der Waals surface area contributed by atoms with Gasteiger partial charge in [0.25, 0.3) is 0 Å². The van der Waals surface area contributed by atoms with E-state index in [9.17, 15) is 9.59 Å². The second-order valence-electron chi connectivity index (χ2n) is 4.27. The summed E-state index contributed by atoms with van der Waals surface area (Å²) in [5.74, 6) is -0.146. The lowest BCUT2D eigenvalue weighted by atomic mass is 10.1. The molecule has 1 aromatic rings. The molecular weight excluding hydrogens is 266 g/mol. The number of urea groups is 1. The van der Waals surface area contributed by atoms with Gasteiger partial charge in [0.2, 0.25) is 5.91 Å². The number of likely N-dealkylation sites (N-methyl/N-ethyl adjacent to an activating group) is 1. The molecule has 19 heavy (non-hydrogen) atoms. The van der Waals surface area contributed by atoms with Gasteiger partial charge >= 0.3 is 6.03 Å².